The minimum Gasteiger partial charge on any atom is -0.432 e. The van der Waals surface area contributed by atoms with Crippen LogP contribution in [0.1, 0.15) is 23.8 Å². The zero-order chi connectivity index (χ0) is 18.1. The first kappa shape index (κ1) is 16.9. The molecule has 2 aromatic carbocycles. The number of thiophene rings is 1. The molecule has 0 saturated carbocycles. The van der Waals surface area contributed by atoms with Crippen molar-refractivity contribution < 1.29 is 9.53 Å². The van der Waals surface area contributed by atoms with E-state index in [9.17, 15) is 4.79 Å². The molecule has 1 aliphatic rings. The Morgan fingerprint density at radius 1 is 1.15 bits per heavy atom. The third-order valence-electron chi connectivity index (χ3n) is 4.49. The van der Waals surface area contributed by atoms with Crippen LogP contribution in [0.25, 0.3) is 0 Å². The van der Waals surface area contributed by atoms with Gasteiger partial charge in [0, 0.05) is 22.0 Å². The summed E-state index contributed by atoms with van der Waals surface area (Å²) in [7, 11) is 0. The van der Waals surface area contributed by atoms with E-state index < -0.39 is 11.7 Å². The number of hydrogen-bond acceptors (Lipinski definition) is 4. The maximum atomic E-state index is 12.1. The van der Waals surface area contributed by atoms with Gasteiger partial charge in [-0.15, -0.1) is 11.3 Å². The first-order valence-electron chi connectivity index (χ1n) is 8.32. The smallest absolute Gasteiger partial charge is 0.412 e. The van der Waals surface area contributed by atoms with Gasteiger partial charge >= 0.3 is 6.09 Å². The molecule has 3 aromatic rings. The Bertz CT molecular complexity index is 958. The van der Waals surface area contributed by atoms with E-state index in [1.807, 2.05) is 66.9 Å². The minimum absolute atomic E-state index is 0.427. The van der Waals surface area contributed by atoms with E-state index in [1.54, 1.807) is 11.3 Å². The van der Waals surface area contributed by atoms with Gasteiger partial charge in [-0.25, -0.2) is 4.79 Å². The maximum Gasteiger partial charge on any atom is 0.412 e. The quantitative estimate of drug-likeness (QED) is 0.550. The Labute approximate surface area is 160 Å². The van der Waals surface area contributed by atoms with Crippen LogP contribution < -0.4 is 10.6 Å². The van der Waals surface area contributed by atoms with Crippen molar-refractivity contribution >= 4 is 46.1 Å². The maximum absolute atomic E-state index is 12.1. The highest BCUT2D eigenvalue weighted by Crippen LogP contribution is 2.46. The molecular weight excluding hydrogens is 368 g/mol. The van der Waals surface area contributed by atoms with Crippen LogP contribution in [0, 0.1) is 0 Å². The molecule has 26 heavy (non-hydrogen) atoms. The molecule has 1 aliphatic heterocycles. The number of benzene rings is 2. The number of cyclic esters (lactones) is 1. The number of amides is 1. The van der Waals surface area contributed by atoms with Crippen LogP contribution in [-0.4, -0.2) is 6.09 Å². The van der Waals surface area contributed by atoms with E-state index in [4.69, 9.17) is 16.3 Å². The average molecular weight is 385 g/mol. The van der Waals surface area contributed by atoms with Crippen molar-refractivity contribution in [3.05, 3.63) is 75.4 Å². The SMILES string of the molecule is CCC1(c2cccs2)OC(=O)Nc2ccc(Nc3cccc(Cl)c3)cc21. The highest BCUT2D eigenvalue weighted by molar-refractivity contribution is 7.10. The van der Waals surface area contributed by atoms with Gasteiger partial charge in [-0.05, 0) is 54.3 Å². The molecule has 1 unspecified atom stereocenters. The fraction of sp³-hybridized carbons (Fsp3) is 0.150. The van der Waals surface area contributed by atoms with E-state index in [0.29, 0.717) is 11.4 Å². The Morgan fingerprint density at radius 3 is 2.73 bits per heavy atom. The Hall–Kier alpha value is -2.50. The van der Waals surface area contributed by atoms with Crippen molar-refractivity contribution in [3.8, 4) is 0 Å². The van der Waals surface area contributed by atoms with Crippen molar-refractivity contribution in [2.24, 2.45) is 0 Å². The summed E-state index contributed by atoms with van der Waals surface area (Å²) >= 11 is 7.66. The lowest BCUT2D eigenvalue weighted by Crippen LogP contribution is -2.39. The summed E-state index contributed by atoms with van der Waals surface area (Å²) < 4.78 is 5.83. The van der Waals surface area contributed by atoms with Gasteiger partial charge in [0.1, 0.15) is 0 Å². The summed E-state index contributed by atoms with van der Waals surface area (Å²) in [6.07, 6.45) is 0.220. The van der Waals surface area contributed by atoms with Crippen LogP contribution in [0.3, 0.4) is 0 Å². The van der Waals surface area contributed by atoms with Gasteiger partial charge in [-0.1, -0.05) is 30.7 Å². The molecule has 0 saturated heterocycles. The molecular formula is C20H17ClN2O2S. The average Bonchev–Trinajstić information content (AvgIpc) is 3.16. The molecule has 0 radical (unpaired) electrons. The van der Waals surface area contributed by atoms with Crippen LogP contribution in [0.2, 0.25) is 5.02 Å². The number of anilines is 3. The van der Waals surface area contributed by atoms with Gasteiger partial charge < -0.3 is 10.1 Å². The van der Waals surface area contributed by atoms with Crippen molar-refractivity contribution in [1.82, 2.24) is 0 Å². The first-order chi connectivity index (χ1) is 12.6. The van der Waals surface area contributed by atoms with Gasteiger partial charge in [0.25, 0.3) is 0 Å². The molecule has 1 atom stereocenters. The minimum atomic E-state index is -0.780. The van der Waals surface area contributed by atoms with Crippen LogP contribution in [-0.2, 0) is 10.3 Å². The van der Waals surface area contributed by atoms with E-state index >= 15 is 0 Å². The molecule has 0 spiro atoms. The number of nitrogens with one attached hydrogen (secondary N) is 2. The fourth-order valence-corrected chi connectivity index (χ4v) is 4.41. The van der Waals surface area contributed by atoms with Gasteiger partial charge in [-0.2, -0.15) is 0 Å². The highest BCUT2D eigenvalue weighted by atomic mass is 35.5. The summed E-state index contributed by atoms with van der Waals surface area (Å²) in [5.41, 5.74) is 2.73. The summed E-state index contributed by atoms with van der Waals surface area (Å²) in [5, 5.41) is 8.84. The first-order valence-corrected chi connectivity index (χ1v) is 9.57. The van der Waals surface area contributed by atoms with E-state index in [2.05, 4.69) is 10.6 Å². The fourth-order valence-electron chi connectivity index (χ4n) is 3.27. The van der Waals surface area contributed by atoms with Crippen molar-refractivity contribution in [2.75, 3.05) is 10.6 Å². The lowest BCUT2D eigenvalue weighted by Gasteiger charge is -2.37. The number of hydrogen-bond donors (Lipinski definition) is 2. The largest absolute Gasteiger partial charge is 0.432 e. The predicted molar refractivity (Wildman–Crippen MR) is 107 cm³/mol. The Morgan fingerprint density at radius 2 is 2.00 bits per heavy atom. The van der Waals surface area contributed by atoms with Crippen LogP contribution in [0.15, 0.2) is 60.0 Å². The van der Waals surface area contributed by atoms with Crippen molar-refractivity contribution in [1.29, 1.82) is 0 Å². The van der Waals surface area contributed by atoms with Gasteiger partial charge in [0.2, 0.25) is 0 Å². The molecule has 2 heterocycles. The van der Waals surface area contributed by atoms with E-state index in [0.717, 1.165) is 27.5 Å². The van der Waals surface area contributed by atoms with Crippen LogP contribution >= 0.6 is 22.9 Å². The normalized spacial score (nSPS) is 18.6. The van der Waals surface area contributed by atoms with Crippen LogP contribution in [0.5, 0.6) is 0 Å². The van der Waals surface area contributed by atoms with Crippen LogP contribution in [0.4, 0.5) is 21.9 Å². The molecule has 1 amide bonds. The second-order valence-corrected chi connectivity index (χ2v) is 7.45. The lowest BCUT2D eigenvalue weighted by atomic mass is 9.86. The van der Waals surface area contributed by atoms with Crippen molar-refractivity contribution in [3.63, 3.8) is 0 Å². The third-order valence-corrected chi connectivity index (χ3v) is 5.74. The molecule has 4 rings (SSSR count). The molecule has 0 bridgehead atoms. The molecule has 1 aromatic heterocycles. The lowest BCUT2D eigenvalue weighted by molar-refractivity contribution is 0.0438. The van der Waals surface area contributed by atoms with E-state index in [1.165, 1.54) is 0 Å². The number of fused-ring (bicyclic) bond motifs is 1. The predicted octanol–water partition coefficient (Wildman–Crippen LogP) is 6.36. The standard InChI is InChI=1S/C20H17ClN2O2S/c1-2-20(18-7-4-10-26-18)16-12-15(8-9-17(16)23-19(24)25-20)22-14-6-3-5-13(21)11-14/h3-12,22H,2H2,1H3,(H,23,24). The molecule has 2 N–H and O–H groups in total. The summed E-state index contributed by atoms with van der Waals surface area (Å²) in [6.45, 7) is 2.03. The molecule has 132 valence electrons. The second-order valence-electron chi connectivity index (χ2n) is 6.07. The third kappa shape index (κ3) is 2.93. The Kier molecular flexibility index (Phi) is 4.34. The number of carbonyl (C=O) groups is 1. The number of rotatable bonds is 4. The second kappa shape index (κ2) is 6.67. The topological polar surface area (TPSA) is 50.4 Å². The van der Waals surface area contributed by atoms with Gasteiger partial charge in [-0.3, -0.25) is 5.32 Å². The highest BCUT2D eigenvalue weighted by Gasteiger charge is 2.43. The molecule has 4 nitrogen and oxygen atoms in total. The molecule has 0 aliphatic carbocycles. The number of carbonyl (C=O) groups excluding carboxylic acids is 1. The number of ether oxygens (including phenoxy) is 1. The van der Waals surface area contributed by atoms with E-state index in [-0.39, 0.29) is 0 Å². The summed E-state index contributed by atoms with van der Waals surface area (Å²) in [5.74, 6) is 0. The molecule has 0 fully saturated rings. The van der Waals surface area contributed by atoms with Gasteiger partial charge in [0.05, 0.1) is 10.6 Å². The summed E-state index contributed by atoms with van der Waals surface area (Å²) in [4.78, 5) is 13.2. The molecule has 6 heteroatoms. The zero-order valence-corrected chi connectivity index (χ0v) is 15.7. The summed E-state index contributed by atoms with van der Waals surface area (Å²) in [6, 6.07) is 17.4. The Balaban J connectivity index is 1.79. The van der Waals surface area contributed by atoms with Crippen molar-refractivity contribution in [2.45, 2.75) is 18.9 Å². The monoisotopic (exact) mass is 384 g/mol. The zero-order valence-electron chi connectivity index (χ0n) is 14.1. The number of halogens is 1. The van der Waals surface area contributed by atoms with Gasteiger partial charge in [0.15, 0.2) is 5.60 Å².